The highest BCUT2D eigenvalue weighted by atomic mass is 16.8. The maximum absolute atomic E-state index is 12.0. The third-order valence-corrected chi connectivity index (χ3v) is 18.2. The van der Waals surface area contributed by atoms with E-state index in [2.05, 4.69) is 27.7 Å². The maximum Gasteiger partial charge on any atom is 0.187 e. The van der Waals surface area contributed by atoms with E-state index in [4.69, 9.17) is 37.9 Å². The summed E-state index contributed by atoms with van der Waals surface area (Å²) in [5, 5.41) is 95.8. The molecule has 4 saturated carbocycles. The molecule has 5 saturated heterocycles. The van der Waals surface area contributed by atoms with E-state index in [1.165, 1.54) is 19.8 Å². The minimum absolute atomic E-state index is 0.103. The first-order chi connectivity index (χ1) is 29.4. The Hall–Kier alpha value is -0.680. The van der Waals surface area contributed by atoms with Crippen molar-refractivity contribution in [2.24, 2.45) is 52.3 Å². The second-order valence-electron chi connectivity index (χ2n) is 21.5. The Morgan fingerprint density at radius 2 is 1.24 bits per heavy atom. The van der Waals surface area contributed by atoms with Gasteiger partial charge in [0.15, 0.2) is 24.7 Å². The zero-order valence-electron chi connectivity index (χ0n) is 36.8. The van der Waals surface area contributed by atoms with Gasteiger partial charge in [0.2, 0.25) is 0 Å². The summed E-state index contributed by atoms with van der Waals surface area (Å²) in [7, 11) is 0. The monoisotopic (exact) mass is 886 g/mol. The Bertz CT molecular complexity index is 1550. The number of aliphatic hydroxyl groups is 9. The Kier molecular flexibility index (Phi) is 13.1. The van der Waals surface area contributed by atoms with Crippen LogP contribution in [0.25, 0.3) is 0 Å². The molecule has 356 valence electrons. The van der Waals surface area contributed by atoms with Gasteiger partial charge in [-0.2, -0.15) is 0 Å². The second-order valence-corrected chi connectivity index (χ2v) is 21.5. The summed E-state index contributed by atoms with van der Waals surface area (Å²) < 4.78 is 50.0. The van der Waals surface area contributed by atoms with E-state index >= 15 is 0 Å². The first kappa shape index (κ1) is 46.4. The minimum atomic E-state index is -1.81. The third kappa shape index (κ3) is 7.56. The molecule has 4 aliphatic carbocycles. The maximum atomic E-state index is 12.0. The van der Waals surface area contributed by atoms with Crippen molar-refractivity contribution in [3.63, 3.8) is 0 Å². The van der Waals surface area contributed by atoms with Crippen LogP contribution in [0.1, 0.15) is 98.8 Å². The Morgan fingerprint density at radius 3 is 1.94 bits per heavy atom. The van der Waals surface area contributed by atoms with Crippen molar-refractivity contribution in [1.29, 1.82) is 0 Å². The van der Waals surface area contributed by atoms with Crippen molar-refractivity contribution in [3.05, 3.63) is 0 Å². The van der Waals surface area contributed by atoms with Crippen molar-refractivity contribution in [3.8, 4) is 0 Å². The number of hydrogen-bond donors (Lipinski definition) is 9. The lowest BCUT2D eigenvalue weighted by molar-refractivity contribution is -0.390. The van der Waals surface area contributed by atoms with E-state index in [1.807, 2.05) is 0 Å². The van der Waals surface area contributed by atoms with Crippen LogP contribution in [0.5, 0.6) is 0 Å². The molecule has 0 aromatic carbocycles. The van der Waals surface area contributed by atoms with Crippen LogP contribution in [0.2, 0.25) is 0 Å². The lowest BCUT2D eigenvalue weighted by atomic mass is 9.44. The summed E-state index contributed by atoms with van der Waals surface area (Å²) in [6.07, 6.45) is -12.6. The van der Waals surface area contributed by atoms with Crippen molar-refractivity contribution >= 4 is 0 Å². The van der Waals surface area contributed by atoms with E-state index in [0.29, 0.717) is 47.8 Å². The summed E-state index contributed by atoms with van der Waals surface area (Å²) in [5.41, 5.74) is 0.320. The molecule has 0 radical (unpaired) electrons. The number of aliphatic hydroxyl groups excluding tert-OH is 9. The van der Waals surface area contributed by atoms with E-state index in [9.17, 15) is 46.0 Å². The van der Waals surface area contributed by atoms with E-state index in [0.717, 1.165) is 51.6 Å². The predicted octanol–water partition coefficient (Wildman–Crippen LogP) is 0.294. The van der Waals surface area contributed by atoms with Crippen LogP contribution in [0, 0.1) is 52.3 Å². The summed E-state index contributed by atoms with van der Waals surface area (Å²) in [6, 6.07) is 0. The molecule has 27 atom stereocenters. The highest BCUT2D eigenvalue weighted by Gasteiger charge is 2.69. The van der Waals surface area contributed by atoms with Gasteiger partial charge in [0.05, 0.1) is 38.1 Å². The normalized spacial score (nSPS) is 58.9. The highest BCUT2D eigenvalue weighted by molar-refractivity contribution is 5.15. The molecule has 9 fully saturated rings. The topological polar surface area (TPSA) is 256 Å². The molecular weight excluding hydrogens is 812 g/mol. The summed E-state index contributed by atoms with van der Waals surface area (Å²) in [5.74, 6) is 3.18. The Morgan fingerprint density at radius 1 is 0.581 bits per heavy atom. The molecule has 5 heterocycles. The van der Waals surface area contributed by atoms with Crippen LogP contribution in [-0.4, -0.2) is 176 Å². The van der Waals surface area contributed by atoms with E-state index in [1.54, 1.807) is 0 Å². The molecule has 5 aliphatic heterocycles. The quantitative estimate of drug-likeness (QED) is 0.149. The minimum Gasteiger partial charge on any atom is -0.394 e. The van der Waals surface area contributed by atoms with Gasteiger partial charge in [0.25, 0.3) is 0 Å². The average molecular weight is 887 g/mol. The number of rotatable bonds is 8. The summed E-state index contributed by atoms with van der Waals surface area (Å²) in [4.78, 5) is 0. The SMILES string of the molecule is CC1C2C(C[C@H]3[C@@H]4CC[C@H]5C[C@@H](O[C@@H]6O[C@H](CO)[C@H](O[C@@H]7O[C@H](CO)[C@@H](O)[C@H](O)[C@H]7O)[C@H](O)[C@H]6O[C@@H]6O[C@@H](C)[C@H](O)[C@@H](O)[C@H]6O)CC[C@]5(C)[C@H]4CC[C@]23C)O[C@]12CC[C@@H](C)CO2. The first-order valence-corrected chi connectivity index (χ1v) is 23.7. The molecule has 1 spiro atoms. The number of fused-ring (bicyclic) bond motifs is 7. The van der Waals surface area contributed by atoms with Gasteiger partial charge < -0.3 is 83.9 Å². The van der Waals surface area contributed by atoms with Crippen LogP contribution in [0.4, 0.5) is 0 Å². The molecular formula is C45H74O17. The molecule has 17 heteroatoms. The van der Waals surface area contributed by atoms with Crippen LogP contribution < -0.4 is 0 Å². The van der Waals surface area contributed by atoms with Gasteiger partial charge in [-0.1, -0.05) is 27.7 Å². The third-order valence-electron chi connectivity index (χ3n) is 18.2. The van der Waals surface area contributed by atoms with Crippen LogP contribution in [0.3, 0.4) is 0 Å². The van der Waals surface area contributed by atoms with Crippen LogP contribution >= 0.6 is 0 Å². The standard InChI is InChI=1S/C45H74O17/c1-19-8-13-45(55-18-19)20(2)30-27(62-45)15-26-24-7-6-22-14-23(9-11-43(22,4)25(24)10-12-44(26,30)5)57-42-39(61-40-35(52)33(50)31(48)21(3)56-40)37(54)38(29(17-47)59-42)60-41-36(53)34(51)32(49)28(16-46)58-41/h19-42,46-54H,6-18H2,1-5H3/t19-,20?,21+,22+,23+,24-,25+,26+,27?,28-,29-,30?,31+,32-,33-,34+,35-,36-,37+,38+,39-,40+,41+,42-,43+,44+,45-/m1/s1. The molecule has 9 aliphatic rings. The smallest absolute Gasteiger partial charge is 0.187 e. The first-order valence-electron chi connectivity index (χ1n) is 23.7. The van der Waals surface area contributed by atoms with Gasteiger partial charge in [0, 0.05) is 12.3 Å². The van der Waals surface area contributed by atoms with Crippen molar-refractivity contribution in [2.75, 3.05) is 19.8 Å². The largest absolute Gasteiger partial charge is 0.394 e. The lowest BCUT2D eigenvalue weighted by Gasteiger charge is -2.61. The van der Waals surface area contributed by atoms with E-state index in [-0.39, 0.29) is 23.0 Å². The van der Waals surface area contributed by atoms with Crippen molar-refractivity contribution < 1.29 is 83.9 Å². The van der Waals surface area contributed by atoms with Gasteiger partial charge >= 0.3 is 0 Å². The molecule has 0 aromatic rings. The summed E-state index contributed by atoms with van der Waals surface area (Å²) >= 11 is 0. The molecule has 0 amide bonds. The number of ether oxygens (including phenoxy) is 8. The van der Waals surface area contributed by atoms with Crippen molar-refractivity contribution in [2.45, 2.75) is 209 Å². The number of hydrogen-bond acceptors (Lipinski definition) is 17. The second kappa shape index (κ2) is 17.4. The fourth-order valence-electron chi connectivity index (χ4n) is 14.6. The molecule has 3 unspecified atom stereocenters. The molecule has 0 aromatic heterocycles. The van der Waals surface area contributed by atoms with Gasteiger partial charge in [-0.15, -0.1) is 0 Å². The van der Waals surface area contributed by atoms with Crippen LogP contribution in [0.15, 0.2) is 0 Å². The lowest BCUT2D eigenvalue weighted by Crippen LogP contribution is -2.67. The molecule has 9 rings (SSSR count). The van der Waals surface area contributed by atoms with Gasteiger partial charge in [-0.25, -0.2) is 0 Å². The fraction of sp³-hybridized carbons (Fsp3) is 1.00. The molecule has 62 heavy (non-hydrogen) atoms. The molecule has 17 nitrogen and oxygen atoms in total. The Balaban J connectivity index is 0.899. The molecule has 0 bridgehead atoms. The average Bonchev–Trinajstić information content (AvgIpc) is 3.70. The van der Waals surface area contributed by atoms with E-state index < -0.39 is 111 Å². The highest BCUT2D eigenvalue weighted by Crippen LogP contribution is 2.71. The summed E-state index contributed by atoms with van der Waals surface area (Å²) in [6.45, 7) is 10.6. The molecule has 9 N–H and O–H groups in total. The predicted molar refractivity (Wildman–Crippen MR) is 214 cm³/mol. The van der Waals surface area contributed by atoms with Gasteiger partial charge in [-0.05, 0) is 111 Å². The zero-order valence-corrected chi connectivity index (χ0v) is 36.8. The Labute approximate surface area is 364 Å². The van der Waals surface area contributed by atoms with Gasteiger partial charge in [0.1, 0.15) is 67.1 Å². The van der Waals surface area contributed by atoms with Gasteiger partial charge in [-0.3, -0.25) is 0 Å². The zero-order chi connectivity index (χ0) is 44.2. The van der Waals surface area contributed by atoms with Crippen molar-refractivity contribution in [1.82, 2.24) is 0 Å². The van der Waals surface area contributed by atoms with Crippen LogP contribution in [-0.2, 0) is 37.9 Å². The fourth-order valence-corrected chi connectivity index (χ4v) is 14.6.